The summed E-state index contributed by atoms with van der Waals surface area (Å²) < 4.78 is 12.9. The van der Waals surface area contributed by atoms with Crippen molar-refractivity contribution < 1.29 is 38.2 Å². The number of esters is 3. The van der Waals surface area contributed by atoms with Crippen LogP contribution in [0.1, 0.15) is 26.7 Å². The minimum absolute atomic E-state index is 0.145. The van der Waals surface area contributed by atoms with Gasteiger partial charge in [0.05, 0.1) is 13.4 Å². The van der Waals surface area contributed by atoms with Gasteiger partial charge in [-0.15, -0.1) is 0 Å². The quantitative estimate of drug-likeness (QED) is 0.161. The van der Waals surface area contributed by atoms with Gasteiger partial charge >= 0.3 is 17.9 Å². The number of Topliss-reactive ketones (excluding diaryl/α,β-unsaturated/α-hetero) is 2. The Morgan fingerprint density at radius 3 is 1.64 bits per heavy atom. The van der Waals surface area contributed by atoms with Crippen molar-refractivity contribution in [3.05, 3.63) is 38.2 Å². The fraction of sp³-hybridized carbons (Fsp3) is 0.353. The smallest absolute Gasteiger partial charge is 0.329 e. The first-order valence-electron chi connectivity index (χ1n) is 6.90. The van der Waals surface area contributed by atoms with E-state index in [1.54, 1.807) is 0 Å². The third kappa shape index (κ3) is 29.6. The van der Waals surface area contributed by atoms with Crippen molar-refractivity contribution in [1.29, 1.82) is 0 Å². The highest BCUT2D eigenvalue weighted by Crippen LogP contribution is 1.87. The predicted octanol–water partition coefficient (Wildman–Crippen LogP) is 1.69. The lowest BCUT2D eigenvalue weighted by molar-refractivity contribution is -0.145. The molecule has 25 heavy (non-hydrogen) atoms. The lowest BCUT2D eigenvalue weighted by Gasteiger charge is -1.96. The molecule has 0 N–H and O–H groups in total. The Hall–Kier alpha value is -3.03. The van der Waals surface area contributed by atoms with Crippen LogP contribution in [-0.2, 0) is 38.2 Å². The van der Waals surface area contributed by atoms with E-state index in [1.165, 1.54) is 27.0 Å². The minimum atomic E-state index is -0.558. The summed E-state index contributed by atoms with van der Waals surface area (Å²) in [6.07, 6.45) is 3.25. The van der Waals surface area contributed by atoms with Crippen LogP contribution in [-0.4, -0.2) is 43.2 Å². The maximum absolute atomic E-state index is 10.5. The highest BCUT2D eigenvalue weighted by Gasteiger charge is 2.04. The Morgan fingerprint density at radius 1 is 0.880 bits per heavy atom. The van der Waals surface area contributed by atoms with Gasteiger partial charge in [0.25, 0.3) is 0 Å². The SMILES string of the molecule is C=CC(=O)OC.C=CCOC(=O)CC(C)=O.C=COC(=O)CC(C)=O. The number of ketones is 2. The second-order valence-corrected chi connectivity index (χ2v) is 4.11. The Kier molecular flexibility index (Phi) is 20.4. The fourth-order valence-corrected chi connectivity index (χ4v) is 0.827. The molecule has 0 saturated heterocycles. The number of carbonyl (C=O) groups is 5. The van der Waals surface area contributed by atoms with E-state index in [-0.39, 0.29) is 31.0 Å². The van der Waals surface area contributed by atoms with Crippen LogP contribution in [0.25, 0.3) is 0 Å². The molecule has 0 amide bonds. The zero-order valence-corrected chi connectivity index (χ0v) is 14.7. The van der Waals surface area contributed by atoms with Crippen molar-refractivity contribution in [3.63, 3.8) is 0 Å². The van der Waals surface area contributed by atoms with Crippen LogP contribution in [0.2, 0.25) is 0 Å². The molecular weight excluding hydrogens is 332 g/mol. The third-order valence-electron chi connectivity index (χ3n) is 1.73. The molecule has 0 bridgehead atoms. The average molecular weight is 356 g/mol. The number of hydrogen-bond acceptors (Lipinski definition) is 8. The third-order valence-corrected chi connectivity index (χ3v) is 1.73. The number of hydrogen-bond donors (Lipinski definition) is 0. The first-order valence-corrected chi connectivity index (χ1v) is 6.90. The summed E-state index contributed by atoms with van der Waals surface area (Å²) in [6.45, 7) is 12.5. The molecule has 0 heterocycles. The highest BCUT2D eigenvalue weighted by molar-refractivity contribution is 5.94. The topological polar surface area (TPSA) is 113 Å². The molecule has 0 aromatic rings. The molecule has 0 atom stereocenters. The zero-order chi connectivity index (χ0) is 20.3. The molecule has 0 radical (unpaired) electrons. The van der Waals surface area contributed by atoms with E-state index in [4.69, 9.17) is 0 Å². The molecule has 0 unspecified atom stereocenters. The second-order valence-electron chi connectivity index (χ2n) is 4.11. The molecule has 0 aromatic carbocycles. The van der Waals surface area contributed by atoms with Crippen molar-refractivity contribution in [1.82, 2.24) is 0 Å². The van der Waals surface area contributed by atoms with Gasteiger partial charge in [0, 0.05) is 6.08 Å². The summed E-state index contributed by atoms with van der Waals surface area (Å²) in [5.41, 5.74) is 0. The monoisotopic (exact) mass is 356 g/mol. The van der Waals surface area contributed by atoms with Gasteiger partial charge in [0.2, 0.25) is 0 Å². The maximum Gasteiger partial charge on any atom is 0.329 e. The summed E-state index contributed by atoms with van der Waals surface area (Å²) >= 11 is 0. The lowest BCUT2D eigenvalue weighted by atomic mass is 10.3. The summed E-state index contributed by atoms with van der Waals surface area (Å²) in [6, 6.07) is 0. The van der Waals surface area contributed by atoms with E-state index in [9.17, 15) is 24.0 Å². The number of rotatable bonds is 8. The molecule has 8 nitrogen and oxygen atoms in total. The summed E-state index contributed by atoms with van der Waals surface area (Å²) in [4.78, 5) is 51.2. The molecule has 0 aliphatic rings. The normalized spacial score (nSPS) is 7.96. The second kappa shape index (κ2) is 19.0. The maximum atomic E-state index is 10.5. The number of ether oxygens (including phenoxy) is 3. The van der Waals surface area contributed by atoms with Crippen LogP contribution in [0.15, 0.2) is 38.2 Å². The molecule has 0 spiro atoms. The number of carbonyl (C=O) groups excluding carboxylic acids is 5. The molecule has 0 rings (SSSR count). The first-order chi connectivity index (χ1) is 11.6. The lowest BCUT2D eigenvalue weighted by Crippen LogP contribution is -2.08. The molecule has 0 aliphatic carbocycles. The number of methoxy groups -OCH3 is 1. The summed E-state index contributed by atoms with van der Waals surface area (Å²) in [5.74, 6) is -1.84. The highest BCUT2D eigenvalue weighted by atomic mass is 16.5. The van der Waals surface area contributed by atoms with Crippen molar-refractivity contribution in [2.24, 2.45) is 0 Å². The van der Waals surface area contributed by atoms with Gasteiger partial charge in [-0.3, -0.25) is 19.2 Å². The Balaban J connectivity index is -0.000000300. The van der Waals surface area contributed by atoms with Crippen LogP contribution in [0.5, 0.6) is 0 Å². The largest absolute Gasteiger partial charge is 0.466 e. The summed E-state index contributed by atoms with van der Waals surface area (Å²) in [5, 5.41) is 0. The van der Waals surface area contributed by atoms with Crippen LogP contribution in [0.3, 0.4) is 0 Å². The van der Waals surface area contributed by atoms with Crippen molar-refractivity contribution >= 4 is 29.5 Å². The van der Waals surface area contributed by atoms with E-state index in [2.05, 4.69) is 33.9 Å². The molecule has 0 aliphatic heterocycles. The van der Waals surface area contributed by atoms with Crippen LogP contribution in [0.4, 0.5) is 0 Å². The zero-order valence-electron chi connectivity index (χ0n) is 14.7. The Labute approximate surface area is 147 Å². The molecule has 8 heteroatoms. The summed E-state index contributed by atoms with van der Waals surface area (Å²) in [7, 11) is 1.31. The van der Waals surface area contributed by atoms with Crippen molar-refractivity contribution in [2.45, 2.75) is 26.7 Å². The molecule has 0 aromatic heterocycles. The fourth-order valence-electron chi connectivity index (χ4n) is 0.827. The van der Waals surface area contributed by atoms with Gasteiger partial charge in [-0.1, -0.05) is 25.8 Å². The van der Waals surface area contributed by atoms with Crippen LogP contribution >= 0.6 is 0 Å². The average Bonchev–Trinajstić information content (AvgIpc) is 2.52. The van der Waals surface area contributed by atoms with E-state index in [1.807, 2.05) is 0 Å². The van der Waals surface area contributed by atoms with Gasteiger partial charge < -0.3 is 14.2 Å². The van der Waals surface area contributed by atoms with E-state index >= 15 is 0 Å². The Morgan fingerprint density at radius 2 is 1.36 bits per heavy atom. The Bertz CT molecular complexity index is 491. The van der Waals surface area contributed by atoms with Crippen molar-refractivity contribution in [2.75, 3.05) is 13.7 Å². The van der Waals surface area contributed by atoms with Crippen LogP contribution < -0.4 is 0 Å². The van der Waals surface area contributed by atoms with Gasteiger partial charge in [-0.2, -0.15) is 0 Å². The van der Waals surface area contributed by atoms with Gasteiger partial charge in [-0.05, 0) is 13.8 Å². The first kappa shape index (κ1) is 26.8. The van der Waals surface area contributed by atoms with E-state index in [0.29, 0.717) is 0 Å². The van der Waals surface area contributed by atoms with E-state index in [0.717, 1.165) is 12.3 Å². The molecule has 0 fully saturated rings. The van der Waals surface area contributed by atoms with Gasteiger partial charge in [-0.25, -0.2) is 4.79 Å². The standard InChI is InChI=1S/C7H10O3.C6H8O3.C4H6O2/c1-3-4-10-7(9)5-6(2)8;1-3-9-6(8)4-5(2)7;1-3-4(5)6-2/h3H,1,4-5H2,2H3;3H,1,4H2,2H3;3H,1H2,2H3. The molecule has 0 saturated carbocycles. The van der Waals surface area contributed by atoms with Gasteiger partial charge in [0.15, 0.2) is 0 Å². The molecular formula is C17H24O8. The van der Waals surface area contributed by atoms with E-state index < -0.39 is 17.9 Å². The molecule has 140 valence electrons. The van der Waals surface area contributed by atoms with Gasteiger partial charge in [0.1, 0.15) is 31.0 Å². The predicted molar refractivity (Wildman–Crippen MR) is 90.3 cm³/mol. The van der Waals surface area contributed by atoms with Crippen molar-refractivity contribution in [3.8, 4) is 0 Å². The minimum Gasteiger partial charge on any atom is -0.466 e. The van der Waals surface area contributed by atoms with Crippen LogP contribution in [0, 0.1) is 0 Å².